The van der Waals surface area contributed by atoms with Crippen LogP contribution in [0.3, 0.4) is 0 Å². The van der Waals surface area contributed by atoms with Crippen molar-refractivity contribution in [2.24, 2.45) is 0 Å². The number of aryl methyl sites for hydroxylation is 3. The van der Waals surface area contributed by atoms with E-state index in [9.17, 15) is 4.79 Å². The minimum atomic E-state index is -0.0991. The van der Waals surface area contributed by atoms with E-state index >= 15 is 0 Å². The Morgan fingerprint density at radius 3 is 2.54 bits per heavy atom. The molecule has 0 aliphatic rings. The van der Waals surface area contributed by atoms with Gasteiger partial charge in [0.15, 0.2) is 5.82 Å². The highest BCUT2D eigenvalue weighted by Crippen LogP contribution is 2.11. The van der Waals surface area contributed by atoms with Crippen molar-refractivity contribution in [2.45, 2.75) is 39.7 Å². The SMILES string of the molecule is Cc1cc(C)n(-c2ccc(C(=O)NC(C)CCc3ccccc3)cn2)n1. The summed E-state index contributed by atoms with van der Waals surface area (Å²) in [6, 6.07) is 16.0. The lowest BCUT2D eigenvalue weighted by Crippen LogP contribution is -2.33. The van der Waals surface area contributed by atoms with Crippen LogP contribution in [0.4, 0.5) is 0 Å². The van der Waals surface area contributed by atoms with E-state index in [2.05, 4.69) is 27.5 Å². The van der Waals surface area contributed by atoms with Gasteiger partial charge in [-0.2, -0.15) is 5.10 Å². The van der Waals surface area contributed by atoms with Crippen LogP contribution in [0.2, 0.25) is 0 Å². The molecule has 0 bridgehead atoms. The molecule has 2 aromatic heterocycles. The molecule has 5 nitrogen and oxygen atoms in total. The zero-order valence-corrected chi connectivity index (χ0v) is 15.4. The number of rotatable bonds is 6. The predicted molar refractivity (Wildman–Crippen MR) is 103 cm³/mol. The lowest BCUT2D eigenvalue weighted by atomic mass is 10.1. The molecule has 0 fully saturated rings. The normalized spacial score (nSPS) is 12.0. The minimum Gasteiger partial charge on any atom is -0.350 e. The molecule has 0 aliphatic heterocycles. The molecule has 0 saturated heterocycles. The maximum absolute atomic E-state index is 12.4. The molecular weight excluding hydrogens is 324 g/mol. The maximum Gasteiger partial charge on any atom is 0.253 e. The Labute approximate surface area is 154 Å². The van der Waals surface area contributed by atoms with Gasteiger partial charge >= 0.3 is 0 Å². The summed E-state index contributed by atoms with van der Waals surface area (Å²) < 4.78 is 1.78. The van der Waals surface area contributed by atoms with Gasteiger partial charge in [-0.3, -0.25) is 4.79 Å². The summed E-state index contributed by atoms with van der Waals surface area (Å²) >= 11 is 0. The van der Waals surface area contributed by atoms with Crippen LogP contribution < -0.4 is 5.32 Å². The molecule has 1 amide bonds. The zero-order chi connectivity index (χ0) is 18.5. The van der Waals surface area contributed by atoms with E-state index in [1.54, 1.807) is 16.9 Å². The maximum atomic E-state index is 12.4. The predicted octanol–water partition coefficient (Wildman–Crippen LogP) is 3.64. The minimum absolute atomic E-state index is 0.0957. The Morgan fingerprint density at radius 1 is 1.15 bits per heavy atom. The fourth-order valence-corrected chi connectivity index (χ4v) is 2.91. The quantitative estimate of drug-likeness (QED) is 0.740. The van der Waals surface area contributed by atoms with Gasteiger partial charge in [-0.15, -0.1) is 0 Å². The number of carbonyl (C=O) groups is 1. The first-order valence-corrected chi connectivity index (χ1v) is 8.87. The van der Waals surface area contributed by atoms with E-state index in [1.807, 2.05) is 51.1 Å². The first-order valence-electron chi connectivity index (χ1n) is 8.87. The molecule has 0 saturated carbocycles. The molecule has 1 atom stereocenters. The Bertz CT molecular complexity index is 869. The van der Waals surface area contributed by atoms with Gasteiger partial charge in [-0.25, -0.2) is 9.67 Å². The molecule has 26 heavy (non-hydrogen) atoms. The average Bonchev–Trinajstić information content (AvgIpc) is 2.99. The van der Waals surface area contributed by atoms with Crippen LogP contribution in [0, 0.1) is 13.8 Å². The van der Waals surface area contributed by atoms with E-state index in [0.717, 1.165) is 24.2 Å². The lowest BCUT2D eigenvalue weighted by Gasteiger charge is -2.14. The molecule has 1 N–H and O–H groups in total. The van der Waals surface area contributed by atoms with E-state index in [-0.39, 0.29) is 11.9 Å². The monoisotopic (exact) mass is 348 g/mol. The molecule has 3 aromatic rings. The van der Waals surface area contributed by atoms with Crippen LogP contribution in [0.25, 0.3) is 5.82 Å². The van der Waals surface area contributed by atoms with Crippen LogP contribution in [-0.4, -0.2) is 26.7 Å². The molecular formula is C21H24N4O. The summed E-state index contributed by atoms with van der Waals surface area (Å²) in [6.07, 6.45) is 3.44. The van der Waals surface area contributed by atoms with Gasteiger partial charge in [0.05, 0.1) is 11.3 Å². The number of aromatic nitrogens is 3. The van der Waals surface area contributed by atoms with Crippen molar-refractivity contribution in [1.82, 2.24) is 20.1 Å². The summed E-state index contributed by atoms with van der Waals surface area (Å²) in [5, 5.41) is 7.45. The smallest absolute Gasteiger partial charge is 0.253 e. The van der Waals surface area contributed by atoms with Crippen molar-refractivity contribution in [1.29, 1.82) is 0 Å². The van der Waals surface area contributed by atoms with E-state index < -0.39 is 0 Å². The Hall–Kier alpha value is -2.95. The van der Waals surface area contributed by atoms with Crippen LogP contribution in [0.15, 0.2) is 54.7 Å². The number of nitrogens with zero attached hydrogens (tertiary/aromatic N) is 3. The van der Waals surface area contributed by atoms with Gasteiger partial charge < -0.3 is 5.32 Å². The fourth-order valence-electron chi connectivity index (χ4n) is 2.91. The molecule has 3 rings (SSSR count). The number of hydrogen-bond acceptors (Lipinski definition) is 3. The van der Waals surface area contributed by atoms with Gasteiger partial charge in [0, 0.05) is 17.9 Å². The second-order valence-electron chi connectivity index (χ2n) is 6.64. The number of hydrogen-bond donors (Lipinski definition) is 1. The number of benzene rings is 1. The van der Waals surface area contributed by atoms with E-state index in [1.165, 1.54) is 5.56 Å². The van der Waals surface area contributed by atoms with Crippen molar-refractivity contribution in [3.05, 3.63) is 77.2 Å². The van der Waals surface area contributed by atoms with Crippen molar-refractivity contribution in [3.63, 3.8) is 0 Å². The largest absolute Gasteiger partial charge is 0.350 e. The second-order valence-corrected chi connectivity index (χ2v) is 6.64. The molecule has 2 heterocycles. The molecule has 0 spiro atoms. The highest BCUT2D eigenvalue weighted by Gasteiger charge is 2.11. The first kappa shape index (κ1) is 17.9. The molecule has 134 valence electrons. The van der Waals surface area contributed by atoms with Crippen LogP contribution in [0.1, 0.15) is 40.7 Å². The Morgan fingerprint density at radius 2 is 1.92 bits per heavy atom. The topological polar surface area (TPSA) is 59.8 Å². The number of pyridine rings is 1. The molecule has 0 radical (unpaired) electrons. The third-order valence-electron chi connectivity index (χ3n) is 4.32. The van der Waals surface area contributed by atoms with Crippen LogP contribution in [-0.2, 0) is 6.42 Å². The average molecular weight is 348 g/mol. The number of amides is 1. The van der Waals surface area contributed by atoms with Gasteiger partial charge in [0.2, 0.25) is 0 Å². The van der Waals surface area contributed by atoms with Gasteiger partial charge in [-0.05, 0) is 57.4 Å². The first-order chi connectivity index (χ1) is 12.5. The zero-order valence-electron chi connectivity index (χ0n) is 15.4. The molecule has 0 aliphatic carbocycles. The number of nitrogens with one attached hydrogen (secondary N) is 1. The highest BCUT2D eigenvalue weighted by atomic mass is 16.1. The van der Waals surface area contributed by atoms with Gasteiger partial charge in [-0.1, -0.05) is 30.3 Å². The molecule has 1 unspecified atom stereocenters. The molecule has 1 aromatic carbocycles. The summed E-state index contributed by atoms with van der Waals surface area (Å²) in [5.74, 6) is 0.613. The van der Waals surface area contributed by atoms with Gasteiger partial charge in [0.25, 0.3) is 5.91 Å². The highest BCUT2D eigenvalue weighted by molar-refractivity contribution is 5.94. The summed E-state index contributed by atoms with van der Waals surface area (Å²) in [5.41, 5.74) is 3.80. The Kier molecular flexibility index (Phi) is 5.46. The van der Waals surface area contributed by atoms with Crippen molar-refractivity contribution < 1.29 is 4.79 Å². The lowest BCUT2D eigenvalue weighted by molar-refractivity contribution is 0.0938. The van der Waals surface area contributed by atoms with Crippen molar-refractivity contribution in [2.75, 3.05) is 0 Å². The third kappa shape index (κ3) is 4.36. The van der Waals surface area contributed by atoms with Crippen molar-refractivity contribution >= 4 is 5.91 Å². The third-order valence-corrected chi connectivity index (χ3v) is 4.32. The molecule has 5 heteroatoms. The van der Waals surface area contributed by atoms with Gasteiger partial charge in [0.1, 0.15) is 0 Å². The van der Waals surface area contributed by atoms with E-state index in [4.69, 9.17) is 0 Å². The van der Waals surface area contributed by atoms with Crippen molar-refractivity contribution in [3.8, 4) is 5.82 Å². The summed E-state index contributed by atoms with van der Waals surface area (Å²) in [6.45, 7) is 5.96. The van der Waals surface area contributed by atoms with E-state index in [0.29, 0.717) is 11.4 Å². The Balaban J connectivity index is 1.58. The summed E-state index contributed by atoms with van der Waals surface area (Å²) in [7, 11) is 0. The standard InChI is InChI=1S/C21H24N4O/c1-15(9-10-18-7-5-4-6-8-18)23-21(26)19-11-12-20(22-14-19)25-17(3)13-16(2)24-25/h4-8,11-15H,9-10H2,1-3H3,(H,23,26). The second kappa shape index (κ2) is 7.95. The fraction of sp³-hybridized carbons (Fsp3) is 0.286. The summed E-state index contributed by atoms with van der Waals surface area (Å²) in [4.78, 5) is 16.8. The van der Waals surface area contributed by atoms with Crippen LogP contribution >= 0.6 is 0 Å². The number of carbonyl (C=O) groups excluding carboxylic acids is 1. The van der Waals surface area contributed by atoms with Crippen LogP contribution in [0.5, 0.6) is 0 Å².